The van der Waals surface area contributed by atoms with Crippen LogP contribution in [0.5, 0.6) is 0 Å². The number of hydrogen-bond donors (Lipinski definition) is 0. The van der Waals surface area contributed by atoms with E-state index in [4.69, 9.17) is 14.2 Å². The first-order chi connectivity index (χ1) is 32.8. The first-order valence-corrected chi connectivity index (χ1v) is 30.3. The van der Waals surface area contributed by atoms with Crippen molar-refractivity contribution in [1.82, 2.24) is 0 Å². The van der Waals surface area contributed by atoms with Crippen molar-refractivity contribution in [1.29, 1.82) is 0 Å². The number of ether oxygens (including phenoxy) is 3. The van der Waals surface area contributed by atoms with E-state index < -0.39 is 6.10 Å². The number of hydrogen-bond acceptors (Lipinski definition) is 6. The monoisotopic (exact) mass is 947 g/mol. The third kappa shape index (κ3) is 52.1. The van der Waals surface area contributed by atoms with Crippen LogP contribution in [-0.2, 0) is 28.6 Å². The first kappa shape index (κ1) is 65.4. The minimum atomic E-state index is -0.762. The second-order valence-corrected chi connectivity index (χ2v) is 21.5. The highest BCUT2D eigenvalue weighted by molar-refractivity contribution is 5.71. The van der Waals surface area contributed by atoms with Crippen LogP contribution in [0.3, 0.4) is 0 Å². The molecule has 0 saturated carbocycles. The molecule has 0 rings (SSSR count). The maximum Gasteiger partial charge on any atom is 0.306 e. The van der Waals surface area contributed by atoms with Gasteiger partial charge in [-0.25, -0.2) is 0 Å². The SMILES string of the molecule is CCCCCCCCCCCC(=O)O[C@@H](COC(=O)CCCCCCCCCCCCCCCCCCCCC(C)CC)COC(=O)CCCCCCCCCCCCCCCCC(C)CC. The summed E-state index contributed by atoms with van der Waals surface area (Å²) in [4.78, 5) is 38.1. The lowest BCUT2D eigenvalue weighted by Gasteiger charge is -2.18. The minimum absolute atomic E-state index is 0.0626. The van der Waals surface area contributed by atoms with Crippen molar-refractivity contribution in [2.75, 3.05) is 13.2 Å². The van der Waals surface area contributed by atoms with E-state index in [1.54, 1.807) is 0 Å². The van der Waals surface area contributed by atoms with Gasteiger partial charge < -0.3 is 14.2 Å². The summed E-state index contributed by atoms with van der Waals surface area (Å²) in [5, 5.41) is 0. The van der Waals surface area contributed by atoms with E-state index >= 15 is 0 Å². The summed E-state index contributed by atoms with van der Waals surface area (Å²) >= 11 is 0. The van der Waals surface area contributed by atoms with Crippen molar-refractivity contribution in [2.45, 2.75) is 349 Å². The maximum atomic E-state index is 12.8. The Hall–Kier alpha value is -1.59. The number of carbonyl (C=O) groups is 3. The Balaban J connectivity index is 4.14. The number of esters is 3. The van der Waals surface area contributed by atoms with Crippen molar-refractivity contribution in [3.8, 4) is 0 Å². The van der Waals surface area contributed by atoms with Crippen molar-refractivity contribution >= 4 is 17.9 Å². The second-order valence-electron chi connectivity index (χ2n) is 21.5. The molecule has 0 aromatic rings. The van der Waals surface area contributed by atoms with Crippen molar-refractivity contribution in [3.05, 3.63) is 0 Å². The predicted molar refractivity (Wildman–Crippen MR) is 289 cm³/mol. The third-order valence-corrected chi connectivity index (χ3v) is 14.7. The van der Waals surface area contributed by atoms with Crippen LogP contribution in [0.2, 0.25) is 0 Å². The molecule has 398 valence electrons. The van der Waals surface area contributed by atoms with E-state index in [0.29, 0.717) is 19.3 Å². The molecule has 2 unspecified atom stereocenters. The topological polar surface area (TPSA) is 78.9 Å². The average molecular weight is 948 g/mol. The Morgan fingerprint density at radius 3 is 0.776 bits per heavy atom. The van der Waals surface area contributed by atoms with Crippen molar-refractivity contribution < 1.29 is 28.6 Å². The molecule has 0 spiro atoms. The molecule has 0 aromatic heterocycles. The van der Waals surface area contributed by atoms with Crippen LogP contribution in [-0.4, -0.2) is 37.2 Å². The molecule has 6 nitrogen and oxygen atoms in total. The van der Waals surface area contributed by atoms with Gasteiger partial charge >= 0.3 is 17.9 Å². The smallest absolute Gasteiger partial charge is 0.306 e. The molecule has 0 aliphatic carbocycles. The fourth-order valence-corrected chi connectivity index (χ4v) is 9.34. The number of rotatable bonds is 55. The van der Waals surface area contributed by atoms with Gasteiger partial charge in [0.2, 0.25) is 0 Å². The Labute approximate surface area is 418 Å². The molecule has 0 heterocycles. The van der Waals surface area contributed by atoms with Gasteiger partial charge in [-0.1, -0.05) is 304 Å². The summed E-state index contributed by atoms with van der Waals surface area (Å²) in [6.45, 7) is 11.5. The van der Waals surface area contributed by atoms with Crippen molar-refractivity contribution in [2.24, 2.45) is 11.8 Å². The van der Waals surface area contributed by atoms with Crippen LogP contribution in [0.1, 0.15) is 343 Å². The minimum Gasteiger partial charge on any atom is -0.462 e. The summed E-state index contributed by atoms with van der Waals surface area (Å²) in [5.41, 5.74) is 0. The van der Waals surface area contributed by atoms with Crippen LogP contribution < -0.4 is 0 Å². The first-order valence-electron chi connectivity index (χ1n) is 30.3. The van der Waals surface area contributed by atoms with E-state index in [-0.39, 0.29) is 31.1 Å². The highest BCUT2D eigenvalue weighted by atomic mass is 16.6. The number of unbranched alkanes of at least 4 members (excludes halogenated alkanes) is 38. The fourth-order valence-electron chi connectivity index (χ4n) is 9.34. The predicted octanol–water partition coefficient (Wildman–Crippen LogP) is 20.0. The molecular weight excluding hydrogens is 829 g/mol. The molecule has 0 aromatic carbocycles. The van der Waals surface area contributed by atoms with Crippen LogP contribution in [0, 0.1) is 11.8 Å². The van der Waals surface area contributed by atoms with Crippen molar-refractivity contribution in [3.63, 3.8) is 0 Å². The van der Waals surface area contributed by atoms with Gasteiger partial charge in [-0.2, -0.15) is 0 Å². The average Bonchev–Trinajstić information content (AvgIpc) is 3.33. The van der Waals surface area contributed by atoms with Gasteiger partial charge in [0.25, 0.3) is 0 Å². The van der Waals surface area contributed by atoms with E-state index in [9.17, 15) is 14.4 Å². The molecule has 0 aliphatic heterocycles. The van der Waals surface area contributed by atoms with E-state index in [1.165, 1.54) is 231 Å². The van der Waals surface area contributed by atoms with E-state index in [0.717, 1.165) is 69.6 Å². The lowest BCUT2D eigenvalue weighted by Crippen LogP contribution is -2.30. The Morgan fingerprint density at radius 1 is 0.299 bits per heavy atom. The summed E-state index contributed by atoms with van der Waals surface area (Å²) < 4.78 is 16.9. The van der Waals surface area contributed by atoms with Gasteiger partial charge in [0.05, 0.1) is 0 Å². The molecule has 0 fully saturated rings. The molecular formula is C61H118O6. The molecule has 0 bridgehead atoms. The van der Waals surface area contributed by atoms with E-state index in [2.05, 4.69) is 34.6 Å². The number of carbonyl (C=O) groups excluding carboxylic acids is 3. The van der Waals surface area contributed by atoms with Gasteiger partial charge in [-0.15, -0.1) is 0 Å². The van der Waals surface area contributed by atoms with Gasteiger partial charge in [0.15, 0.2) is 6.10 Å². The van der Waals surface area contributed by atoms with Gasteiger partial charge in [0, 0.05) is 19.3 Å². The van der Waals surface area contributed by atoms with Crippen LogP contribution in [0.15, 0.2) is 0 Å². The quantitative estimate of drug-likeness (QED) is 0.0343. The third-order valence-electron chi connectivity index (χ3n) is 14.7. The van der Waals surface area contributed by atoms with Gasteiger partial charge in [0.1, 0.15) is 13.2 Å². The fraction of sp³-hybridized carbons (Fsp3) is 0.951. The van der Waals surface area contributed by atoms with Crippen LogP contribution in [0.25, 0.3) is 0 Å². The molecule has 0 N–H and O–H groups in total. The highest BCUT2D eigenvalue weighted by Crippen LogP contribution is 2.19. The molecule has 6 heteroatoms. The van der Waals surface area contributed by atoms with Gasteiger partial charge in [-0.3, -0.25) is 14.4 Å². The Morgan fingerprint density at radius 2 is 0.522 bits per heavy atom. The molecule has 3 atom stereocenters. The summed E-state index contributed by atoms with van der Waals surface area (Å²) in [6, 6.07) is 0. The molecule has 0 amide bonds. The van der Waals surface area contributed by atoms with E-state index in [1.807, 2.05) is 0 Å². The zero-order chi connectivity index (χ0) is 48.9. The molecule has 67 heavy (non-hydrogen) atoms. The summed E-state index contributed by atoms with van der Waals surface area (Å²) in [6.07, 6.45) is 58.1. The molecule has 0 saturated heterocycles. The highest BCUT2D eigenvalue weighted by Gasteiger charge is 2.19. The van der Waals surface area contributed by atoms with Crippen LogP contribution >= 0.6 is 0 Å². The molecule has 0 aliphatic rings. The molecule has 0 radical (unpaired) electrons. The summed E-state index contributed by atoms with van der Waals surface area (Å²) in [7, 11) is 0. The van der Waals surface area contributed by atoms with Gasteiger partial charge in [-0.05, 0) is 31.1 Å². The standard InChI is InChI=1S/C61H118O6/c1-6-9-10-11-12-29-38-43-48-53-61(64)67-58(55-66-60(63)52-47-42-37-33-28-24-20-19-22-26-31-35-40-45-50-57(5)8-3)54-65-59(62)51-46-41-36-32-27-23-18-16-14-13-15-17-21-25-30-34-39-44-49-56(4)7-2/h56-58H,6-55H2,1-5H3/t56?,57?,58-/m0/s1. The largest absolute Gasteiger partial charge is 0.462 e. The lowest BCUT2D eigenvalue weighted by atomic mass is 9.99. The maximum absolute atomic E-state index is 12.8. The normalized spacial score (nSPS) is 12.9. The second kappa shape index (κ2) is 53.8. The summed E-state index contributed by atoms with van der Waals surface area (Å²) in [5.74, 6) is 0.966. The zero-order valence-electron chi connectivity index (χ0n) is 46.0. The zero-order valence-corrected chi connectivity index (χ0v) is 46.0. The van der Waals surface area contributed by atoms with Crippen LogP contribution in [0.4, 0.5) is 0 Å². The Bertz CT molecular complexity index is 1030. The Kier molecular flexibility index (Phi) is 52.5. The lowest BCUT2D eigenvalue weighted by molar-refractivity contribution is -0.167.